The van der Waals surface area contributed by atoms with Gasteiger partial charge in [-0.3, -0.25) is 0 Å². The Balaban J connectivity index is 1.69. The number of aromatic nitrogens is 2. The highest BCUT2D eigenvalue weighted by Gasteiger charge is 2.21. The van der Waals surface area contributed by atoms with Crippen LogP contribution in [0.2, 0.25) is 0 Å². The maximum absolute atomic E-state index is 5.56. The van der Waals surface area contributed by atoms with Crippen LogP contribution in [-0.4, -0.2) is 15.2 Å². The Kier molecular flexibility index (Phi) is 4.78. The Hall–Kier alpha value is -0.810. The van der Waals surface area contributed by atoms with E-state index in [1.54, 1.807) is 0 Å². The summed E-state index contributed by atoms with van der Waals surface area (Å²) in [6.07, 6.45) is 10.7. The molecule has 0 aliphatic heterocycles. The predicted octanol–water partition coefficient (Wildman–Crippen LogP) is 3.60. The fourth-order valence-corrected chi connectivity index (χ4v) is 4.51. The highest BCUT2D eigenvalue weighted by atomic mass is 32.2. The number of nitrogen functional groups attached to an aromatic ring is 1. The van der Waals surface area contributed by atoms with Gasteiger partial charge in [0.2, 0.25) is 0 Å². The van der Waals surface area contributed by atoms with Crippen molar-refractivity contribution in [3.8, 4) is 0 Å². The number of hydrogen-bond acceptors (Lipinski definition) is 5. The summed E-state index contributed by atoms with van der Waals surface area (Å²) in [4.78, 5) is 9.31. The van der Waals surface area contributed by atoms with Crippen molar-refractivity contribution >= 4 is 17.6 Å². The highest BCUT2D eigenvalue weighted by Crippen LogP contribution is 2.35. The van der Waals surface area contributed by atoms with Crippen molar-refractivity contribution in [2.75, 3.05) is 5.43 Å². The topological polar surface area (TPSA) is 63.8 Å². The average molecular weight is 292 g/mol. The fraction of sp³-hybridized carbons (Fsp3) is 0.733. The van der Waals surface area contributed by atoms with E-state index in [9.17, 15) is 0 Å². The first kappa shape index (κ1) is 14.1. The van der Waals surface area contributed by atoms with Gasteiger partial charge in [-0.25, -0.2) is 15.8 Å². The third-order valence-electron chi connectivity index (χ3n) is 4.46. The molecule has 0 spiro atoms. The molecule has 0 aromatic carbocycles. The lowest BCUT2D eigenvalue weighted by atomic mass is 10.0. The van der Waals surface area contributed by atoms with Gasteiger partial charge in [0.05, 0.1) is 5.75 Å². The van der Waals surface area contributed by atoms with Gasteiger partial charge >= 0.3 is 0 Å². The Morgan fingerprint density at radius 1 is 1.10 bits per heavy atom. The van der Waals surface area contributed by atoms with Crippen LogP contribution >= 0.6 is 11.8 Å². The molecule has 1 heterocycles. The Morgan fingerprint density at radius 2 is 1.80 bits per heavy atom. The molecular weight excluding hydrogens is 268 g/mol. The summed E-state index contributed by atoms with van der Waals surface area (Å²) in [7, 11) is 0. The van der Waals surface area contributed by atoms with E-state index in [0.717, 1.165) is 22.6 Å². The van der Waals surface area contributed by atoms with Crippen LogP contribution in [0.15, 0.2) is 6.07 Å². The Bertz CT molecular complexity index is 439. The van der Waals surface area contributed by atoms with Crippen LogP contribution < -0.4 is 11.3 Å². The summed E-state index contributed by atoms with van der Waals surface area (Å²) in [6, 6.07) is 2.03. The van der Waals surface area contributed by atoms with Crippen LogP contribution in [-0.2, 0) is 5.75 Å². The number of hydrogen-bond donors (Lipinski definition) is 2. The van der Waals surface area contributed by atoms with Crippen molar-refractivity contribution in [3.63, 3.8) is 0 Å². The van der Waals surface area contributed by atoms with Crippen LogP contribution in [0.5, 0.6) is 0 Å². The zero-order valence-corrected chi connectivity index (χ0v) is 12.8. The number of nitrogens with zero attached hydrogens (tertiary/aromatic N) is 2. The molecule has 2 aliphatic carbocycles. The molecule has 5 heteroatoms. The fourth-order valence-electron chi connectivity index (χ4n) is 3.33. The normalized spacial score (nSPS) is 20.6. The quantitative estimate of drug-likeness (QED) is 0.641. The zero-order valence-electron chi connectivity index (χ0n) is 12.0. The van der Waals surface area contributed by atoms with Crippen LogP contribution in [0, 0.1) is 0 Å². The molecule has 1 aromatic rings. The van der Waals surface area contributed by atoms with Gasteiger partial charge in [-0.1, -0.05) is 25.7 Å². The molecule has 4 nitrogen and oxygen atoms in total. The first-order valence-corrected chi connectivity index (χ1v) is 8.86. The molecule has 0 radical (unpaired) electrons. The lowest BCUT2D eigenvalue weighted by Crippen LogP contribution is -2.12. The van der Waals surface area contributed by atoms with Gasteiger partial charge in [0.25, 0.3) is 0 Å². The largest absolute Gasteiger partial charge is 0.308 e. The van der Waals surface area contributed by atoms with Crippen molar-refractivity contribution < 1.29 is 0 Å². The van der Waals surface area contributed by atoms with E-state index < -0.39 is 0 Å². The Labute approximate surface area is 125 Å². The first-order chi connectivity index (χ1) is 9.85. The van der Waals surface area contributed by atoms with E-state index in [4.69, 9.17) is 10.8 Å². The monoisotopic (exact) mass is 292 g/mol. The molecular formula is C15H24N4S. The smallest absolute Gasteiger partial charge is 0.143 e. The zero-order chi connectivity index (χ0) is 13.8. The molecule has 0 bridgehead atoms. The van der Waals surface area contributed by atoms with Crippen LogP contribution in [0.25, 0.3) is 0 Å². The maximum atomic E-state index is 5.56. The van der Waals surface area contributed by atoms with E-state index in [1.807, 2.05) is 17.8 Å². The van der Waals surface area contributed by atoms with Crippen molar-refractivity contribution in [1.82, 2.24) is 9.97 Å². The van der Waals surface area contributed by atoms with Crippen molar-refractivity contribution in [2.24, 2.45) is 5.84 Å². The number of rotatable bonds is 5. The summed E-state index contributed by atoms with van der Waals surface area (Å²) >= 11 is 2.01. The third-order valence-corrected chi connectivity index (χ3v) is 5.83. The van der Waals surface area contributed by atoms with Gasteiger partial charge in [-0.05, 0) is 25.7 Å². The Morgan fingerprint density at radius 3 is 2.50 bits per heavy atom. The van der Waals surface area contributed by atoms with E-state index in [-0.39, 0.29) is 0 Å². The van der Waals surface area contributed by atoms with Gasteiger partial charge in [-0.15, -0.1) is 0 Å². The minimum absolute atomic E-state index is 0.611. The van der Waals surface area contributed by atoms with E-state index in [2.05, 4.69) is 10.4 Å². The minimum Gasteiger partial charge on any atom is -0.308 e. The molecule has 20 heavy (non-hydrogen) atoms. The lowest BCUT2D eigenvalue weighted by molar-refractivity contribution is 0.688. The van der Waals surface area contributed by atoms with Crippen molar-refractivity contribution in [3.05, 3.63) is 17.6 Å². The summed E-state index contributed by atoms with van der Waals surface area (Å²) in [5.74, 6) is 8.80. The summed E-state index contributed by atoms with van der Waals surface area (Å²) in [5, 5.41) is 0.808. The molecule has 0 saturated heterocycles. The van der Waals surface area contributed by atoms with Crippen LogP contribution in [0.1, 0.15) is 68.8 Å². The van der Waals surface area contributed by atoms with Crippen LogP contribution in [0.3, 0.4) is 0 Å². The molecule has 0 atom stereocenters. The average Bonchev–Trinajstić information content (AvgIpc) is 3.17. The molecule has 3 N–H and O–H groups in total. The van der Waals surface area contributed by atoms with Gasteiger partial charge < -0.3 is 5.43 Å². The summed E-state index contributed by atoms with van der Waals surface area (Å²) < 4.78 is 0. The molecule has 2 fully saturated rings. The first-order valence-electron chi connectivity index (χ1n) is 7.81. The number of nitrogens with one attached hydrogen (secondary N) is 1. The van der Waals surface area contributed by atoms with Crippen molar-refractivity contribution in [1.29, 1.82) is 0 Å². The van der Waals surface area contributed by atoms with Gasteiger partial charge in [0, 0.05) is 22.9 Å². The number of thioether (sulfide) groups is 1. The molecule has 2 aliphatic rings. The molecule has 1 aromatic heterocycles. The second-order valence-electron chi connectivity index (χ2n) is 5.94. The molecule has 3 rings (SSSR count). The van der Waals surface area contributed by atoms with E-state index >= 15 is 0 Å². The second-order valence-corrected chi connectivity index (χ2v) is 7.23. The van der Waals surface area contributed by atoms with Crippen molar-refractivity contribution in [2.45, 2.75) is 68.3 Å². The summed E-state index contributed by atoms with van der Waals surface area (Å²) in [5.41, 5.74) is 3.89. The van der Waals surface area contributed by atoms with Crippen LogP contribution in [0.4, 0.5) is 5.82 Å². The lowest BCUT2D eigenvalue weighted by Gasteiger charge is -2.13. The summed E-state index contributed by atoms with van der Waals surface area (Å²) in [6.45, 7) is 0. The molecule has 0 amide bonds. The SMILES string of the molecule is NNc1cc(C2CCCC2)nc(CSC2CCCC2)n1. The standard InChI is InChI=1S/C15H24N4S/c16-19-14-9-13(11-5-1-2-6-11)17-15(18-14)10-20-12-7-3-4-8-12/h9,11-12H,1-8,10,16H2,(H,17,18,19). The molecule has 110 valence electrons. The molecule has 0 unspecified atom stereocenters. The van der Waals surface area contributed by atoms with E-state index in [1.165, 1.54) is 57.1 Å². The number of anilines is 1. The van der Waals surface area contributed by atoms with Gasteiger partial charge in [-0.2, -0.15) is 11.8 Å². The number of hydrazine groups is 1. The van der Waals surface area contributed by atoms with Gasteiger partial charge in [0.1, 0.15) is 11.6 Å². The minimum atomic E-state index is 0.611. The van der Waals surface area contributed by atoms with Gasteiger partial charge in [0.15, 0.2) is 0 Å². The third kappa shape index (κ3) is 3.44. The number of nitrogens with two attached hydrogens (primary N) is 1. The maximum Gasteiger partial charge on any atom is 0.143 e. The van der Waals surface area contributed by atoms with E-state index in [0.29, 0.717) is 5.92 Å². The predicted molar refractivity (Wildman–Crippen MR) is 84.6 cm³/mol. The highest BCUT2D eigenvalue weighted by molar-refractivity contribution is 7.99. The molecule has 2 saturated carbocycles. The second kappa shape index (κ2) is 6.76.